The molecule has 5 aromatic rings. The highest BCUT2D eigenvalue weighted by atomic mass is 35.5. The summed E-state index contributed by atoms with van der Waals surface area (Å²) in [6.45, 7) is 13.4. The molecule has 2 heterocycles. The molecule has 0 saturated carbocycles. The van der Waals surface area contributed by atoms with Gasteiger partial charge in [-0.3, -0.25) is 0 Å². The molecule has 234 valence electrons. The Labute approximate surface area is 279 Å². The number of rotatable bonds is 9. The summed E-state index contributed by atoms with van der Waals surface area (Å²) in [7, 11) is 0. The molecule has 1 atom stereocenters. The van der Waals surface area contributed by atoms with E-state index < -0.39 is 0 Å². The largest absolute Gasteiger partial charge is 0.340 e. The van der Waals surface area contributed by atoms with Gasteiger partial charge in [0.05, 0.1) is 10.9 Å². The average Bonchev–Trinajstić information content (AvgIpc) is 3.54. The molecule has 1 unspecified atom stereocenters. The van der Waals surface area contributed by atoms with E-state index in [4.69, 9.17) is 11.6 Å². The van der Waals surface area contributed by atoms with Crippen LogP contribution in [0.5, 0.6) is 0 Å². The predicted octanol–water partition coefficient (Wildman–Crippen LogP) is 11.2. The maximum atomic E-state index is 7.30. The number of aromatic nitrogens is 1. The minimum atomic E-state index is 0.530. The minimum Gasteiger partial charge on any atom is -0.340 e. The fraction of sp³-hybridized carbons (Fsp3) is 0.326. The maximum Gasteiger partial charge on any atom is 0.214 e. The summed E-state index contributed by atoms with van der Waals surface area (Å²) in [6.07, 6.45) is 16.0. The number of unbranched alkanes of at least 4 members (excludes halogenated alkanes) is 2. The maximum absolute atomic E-state index is 7.30. The van der Waals surface area contributed by atoms with Crippen molar-refractivity contribution in [2.45, 2.75) is 79.7 Å². The SMILES string of the molecule is CCCCn1/c(=C/C=C2\CC(C)CC(/C=C/C3=[N+](CCCC)c4ccc(C)c5cccc3c45)=C2Cl)c2cccc3c(C)ccc1c32. The Morgan fingerprint density at radius 2 is 1.52 bits per heavy atom. The zero-order valence-corrected chi connectivity index (χ0v) is 28.8. The van der Waals surface area contributed by atoms with E-state index in [2.05, 4.69) is 129 Å². The molecule has 0 bridgehead atoms. The molecular formula is C43H46ClN2+. The Hall–Kier alpha value is -3.88. The molecule has 0 spiro atoms. The molecule has 0 radical (unpaired) electrons. The fourth-order valence-electron chi connectivity index (χ4n) is 7.82. The highest BCUT2D eigenvalue weighted by Crippen LogP contribution is 2.39. The van der Waals surface area contributed by atoms with Gasteiger partial charge in [0.15, 0.2) is 0 Å². The van der Waals surface area contributed by atoms with Crippen molar-refractivity contribution in [2.75, 3.05) is 6.54 Å². The lowest BCUT2D eigenvalue weighted by atomic mass is 9.86. The first kappa shape index (κ1) is 30.8. The summed E-state index contributed by atoms with van der Waals surface area (Å²) >= 11 is 7.30. The molecule has 0 saturated heterocycles. The number of halogens is 1. The summed E-state index contributed by atoms with van der Waals surface area (Å²) < 4.78 is 5.06. The second-order valence-corrected chi connectivity index (χ2v) is 14.0. The number of nitrogens with zero attached hydrogens (tertiary/aromatic N) is 2. The molecule has 0 fully saturated rings. The van der Waals surface area contributed by atoms with E-state index in [1.165, 1.54) is 89.9 Å². The van der Waals surface area contributed by atoms with Crippen molar-refractivity contribution in [3.05, 3.63) is 117 Å². The van der Waals surface area contributed by atoms with Crippen LogP contribution in [0, 0.1) is 19.8 Å². The molecule has 1 aliphatic heterocycles. The molecular weight excluding hydrogens is 580 g/mol. The first-order valence-electron chi connectivity index (χ1n) is 17.4. The molecule has 3 heteroatoms. The summed E-state index contributed by atoms with van der Waals surface area (Å²) in [5.74, 6) is 0.530. The van der Waals surface area contributed by atoms with Gasteiger partial charge < -0.3 is 4.57 Å². The lowest BCUT2D eigenvalue weighted by Gasteiger charge is -2.22. The molecule has 46 heavy (non-hydrogen) atoms. The van der Waals surface area contributed by atoms with Gasteiger partial charge in [-0.1, -0.05) is 99.8 Å². The second-order valence-electron chi connectivity index (χ2n) is 13.6. The number of benzene rings is 4. The standard InChI is InChI=1S/C43H46ClN2/c1-6-8-24-45-37(35-14-10-12-33-29(4)16-20-39(45)41(33)35)22-18-31-26-28(3)27-32(43(31)44)19-23-38-36-15-11-13-34-30(5)17-21-40(42(34)36)46(38)25-9-7-2/h10-23,28H,6-9,24-27H2,1-5H3/q+1. The van der Waals surface area contributed by atoms with Crippen molar-refractivity contribution in [3.8, 4) is 0 Å². The third-order valence-electron chi connectivity index (χ3n) is 10.2. The van der Waals surface area contributed by atoms with Crippen LogP contribution in [0.3, 0.4) is 0 Å². The number of hydrogen-bond donors (Lipinski definition) is 0. The summed E-state index contributed by atoms with van der Waals surface area (Å²) in [5.41, 5.74) is 10.4. The van der Waals surface area contributed by atoms with Crippen LogP contribution in [-0.2, 0) is 6.54 Å². The molecule has 2 nitrogen and oxygen atoms in total. The summed E-state index contributed by atoms with van der Waals surface area (Å²) in [6, 6.07) is 22.7. The second kappa shape index (κ2) is 12.7. The quantitative estimate of drug-likeness (QED) is 0.144. The highest BCUT2D eigenvalue weighted by molar-refractivity contribution is 6.33. The van der Waals surface area contributed by atoms with Gasteiger partial charge in [-0.15, -0.1) is 0 Å². The lowest BCUT2D eigenvalue weighted by molar-refractivity contribution is -0.436. The van der Waals surface area contributed by atoms with E-state index in [9.17, 15) is 0 Å². The molecule has 2 aliphatic rings. The molecule has 1 aliphatic carbocycles. The van der Waals surface area contributed by atoms with Crippen molar-refractivity contribution in [1.29, 1.82) is 0 Å². The van der Waals surface area contributed by atoms with Gasteiger partial charge in [0, 0.05) is 51.8 Å². The van der Waals surface area contributed by atoms with E-state index in [0.717, 1.165) is 43.8 Å². The normalized spacial score (nSPS) is 18.3. The molecule has 1 aromatic heterocycles. The van der Waals surface area contributed by atoms with Gasteiger partial charge >= 0.3 is 0 Å². The van der Waals surface area contributed by atoms with Crippen LogP contribution in [0.25, 0.3) is 38.5 Å². The average molecular weight is 626 g/mol. The van der Waals surface area contributed by atoms with Crippen molar-refractivity contribution < 1.29 is 4.58 Å². The third-order valence-corrected chi connectivity index (χ3v) is 10.7. The highest BCUT2D eigenvalue weighted by Gasteiger charge is 2.31. The van der Waals surface area contributed by atoms with Crippen LogP contribution in [0.1, 0.15) is 76.0 Å². The van der Waals surface area contributed by atoms with Gasteiger partial charge in [-0.25, -0.2) is 0 Å². The predicted molar refractivity (Wildman–Crippen MR) is 200 cm³/mol. The molecule has 0 N–H and O–H groups in total. The third kappa shape index (κ3) is 5.25. The number of allylic oxidation sites excluding steroid dienone is 6. The van der Waals surface area contributed by atoms with E-state index in [1.54, 1.807) is 0 Å². The Kier molecular flexibility index (Phi) is 8.51. The van der Waals surface area contributed by atoms with E-state index in [0.29, 0.717) is 5.92 Å². The zero-order chi connectivity index (χ0) is 31.9. The smallest absolute Gasteiger partial charge is 0.214 e. The van der Waals surface area contributed by atoms with Crippen molar-refractivity contribution in [2.24, 2.45) is 5.92 Å². The Bertz CT molecular complexity index is 2170. The van der Waals surface area contributed by atoms with Crippen molar-refractivity contribution >= 4 is 61.5 Å². The zero-order valence-electron chi connectivity index (χ0n) is 28.1. The van der Waals surface area contributed by atoms with Crippen molar-refractivity contribution in [1.82, 2.24) is 4.57 Å². The van der Waals surface area contributed by atoms with Gasteiger partial charge in [-0.05, 0) is 90.3 Å². The minimum absolute atomic E-state index is 0.530. The molecule has 0 amide bonds. The van der Waals surface area contributed by atoms with E-state index in [1.807, 2.05) is 0 Å². The first-order valence-corrected chi connectivity index (χ1v) is 17.7. The topological polar surface area (TPSA) is 7.94 Å². The van der Waals surface area contributed by atoms with Crippen LogP contribution < -0.4 is 5.35 Å². The van der Waals surface area contributed by atoms with Crippen LogP contribution in [-0.4, -0.2) is 21.4 Å². The van der Waals surface area contributed by atoms with Crippen LogP contribution in [0.2, 0.25) is 0 Å². The van der Waals surface area contributed by atoms with Crippen LogP contribution in [0.15, 0.2) is 95.1 Å². The summed E-state index contributed by atoms with van der Waals surface area (Å²) in [5, 5.41) is 9.03. The monoisotopic (exact) mass is 625 g/mol. The molecule has 7 rings (SSSR count). The number of aryl methyl sites for hydroxylation is 3. The first-order chi connectivity index (χ1) is 22.4. The van der Waals surface area contributed by atoms with Gasteiger partial charge in [0.1, 0.15) is 6.54 Å². The Balaban J connectivity index is 1.32. The lowest BCUT2D eigenvalue weighted by Crippen LogP contribution is -2.16. The van der Waals surface area contributed by atoms with E-state index in [-0.39, 0.29) is 0 Å². The van der Waals surface area contributed by atoms with Gasteiger partial charge in [-0.2, -0.15) is 4.58 Å². The van der Waals surface area contributed by atoms with Gasteiger partial charge in [0.2, 0.25) is 11.4 Å². The van der Waals surface area contributed by atoms with Crippen LogP contribution >= 0.6 is 11.6 Å². The van der Waals surface area contributed by atoms with Gasteiger partial charge in [0.25, 0.3) is 0 Å². The van der Waals surface area contributed by atoms with E-state index >= 15 is 0 Å². The van der Waals surface area contributed by atoms with Crippen molar-refractivity contribution in [3.63, 3.8) is 0 Å². The Morgan fingerprint density at radius 3 is 2.30 bits per heavy atom. The summed E-state index contributed by atoms with van der Waals surface area (Å²) in [4.78, 5) is 0. The number of hydrogen-bond acceptors (Lipinski definition) is 0. The van der Waals surface area contributed by atoms with Crippen LogP contribution in [0.4, 0.5) is 5.69 Å². The molecule has 4 aromatic carbocycles. The fourth-order valence-corrected chi connectivity index (χ4v) is 8.10. The Morgan fingerprint density at radius 1 is 0.804 bits per heavy atom.